The van der Waals surface area contributed by atoms with Gasteiger partial charge in [0.2, 0.25) is 5.16 Å². The molecule has 2 N–H and O–H groups in total. The first kappa shape index (κ1) is 16.4. The molecule has 0 unspecified atom stereocenters. The lowest BCUT2D eigenvalue weighted by atomic mass is 10.1. The van der Waals surface area contributed by atoms with E-state index in [0.29, 0.717) is 17.6 Å². The fourth-order valence-electron chi connectivity index (χ4n) is 2.20. The monoisotopic (exact) mass is 340 g/mol. The average Bonchev–Trinajstić information content (AvgIpc) is 2.97. The lowest BCUT2D eigenvalue weighted by Gasteiger charge is -2.06. The normalized spacial score (nSPS) is 10.7. The van der Waals surface area contributed by atoms with Crippen molar-refractivity contribution < 1.29 is 4.74 Å². The quantitative estimate of drug-likeness (QED) is 0.405. The minimum Gasteiger partial charge on any atom is -0.494 e. The summed E-state index contributed by atoms with van der Waals surface area (Å²) in [5.41, 5.74) is 2.17. The van der Waals surface area contributed by atoms with Gasteiger partial charge in [-0.25, -0.2) is 4.68 Å². The van der Waals surface area contributed by atoms with Crippen molar-refractivity contribution in [1.82, 2.24) is 14.9 Å². The highest BCUT2D eigenvalue weighted by atomic mass is 32.2. The molecule has 1 heterocycles. The lowest BCUT2D eigenvalue weighted by Crippen LogP contribution is -2.11. The van der Waals surface area contributed by atoms with E-state index in [-0.39, 0.29) is 0 Å². The van der Waals surface area contributed by atoms with Gasteiger partial charge in [0.25, 0.3) is 0 Å². The summed E-state index contributed by atoms with van der Waals surface area (Å²) in [4.78, 5) is 0. The molecule has 0 atom stereocenters. The summed E-state index contributed by atoms with van der Waals surface area (Å²) in [7, 11) is 0. The molecule has 2 aromatic carbocycles. The van der Waals surface area contributed by atoms with Crippen molar-refractivity contribution in [3.05, 3.63) is 60.2 Å². The van der Waals surface area contributed by atoms with E-state index in [0.717, 1.165) is 23.5 Å². The molecule has 5 nitrogen and oxygen atoms in total. The highest BCUT2D eigenvalue weighted by Crippen LogP contribution is 2.22. The van der Waals surface area contributed by atoms with Gasteiger partial charge < -0.3 is 10.6 Å². The number of ether oxygens (including phenoxy) is 1. The number of aryl methyl sites for hydroxylation is 1. The summed E-state index contributed by atoms with van der Waals surface area (Å²) in [6, 6.07) is 17.9. The maximum absolute atomic E-state index is 6.12. The van der Waals surface area contributed by atoms with Gasteiger partial charge in [0.15, 0.2) is 5.82 Å². The first-order valence-electron chi connectivity index (χ1n) is 7.82. The summed E-state index contributed by atoms with van der Waals surface area (Å²) in [5.74, 6) is 8.56. The molecule has 24 heavy (non-hydrogen) atoms. The summed E-state index contributed by atoms with van der Waals surface area (Å²) in [5, 5.41) is 9.09. The second-order valence-corrected chi connectivity index (χ2v) is 6.47. The standard InChI is InChI=1S/C18H20N4OS/c1-14-8-10-15(11-9-14)17-20-21-18(22(17)19)24-13-5-12-23-16-6-3-2-4-7-16/h2-4,6-11H,5,12-13,19H2,1H3. The van der Waals surface area contributed by atoms with Gasteiger partial charge in [-0.3, -0.25) is 0 Å². The molecule has 0 spiro atoms. The number of nitrogens with two attached hydrogens (primary N) is 1. The van der Waals surface area contributed by atoms with Gasteiger partial charge in [-0.2, -0.15) is 0 Å². The number of hydrogen-bond donors (Lipinski definition) is 1. The Balaban J connectivity index is 1.50. The summed E-state index contributed by atoms with van der Waals surface area (Å²) < 4.78 is 7.22. The zero-order valence-corrected chi connectivity index (χ0v) is 14.4. The number of nitrogens with zero attached hydrogens (tertiary/aromatic N) is 3. The van der Waals surface area contributed by atoms with E-state index < -0.39 is 0 Å². The summed E-state index contributed by atoms with van der Waals surface area (Å²) in [6.07, 6.45) is 0.909. The summed E-state index contributed by atoms with van der Waals surface area (Å²) in [6.45, 7) is 2.72. The third-order valence-electron chi connectivity index (χ3n) is 3.51. The lowest BCUT2D eigenvalue weighted by molar-refractivity contribution is 0.318. The van der Waals surface area contributed by atoms with Crippen molar-refractivity contribution in [2.75, 3.05) is 18.2 Å². The zero-order valence-electron chi connectivity index (χ0n) is 13.6. The van der Waals surface area contributed by atoms with E-state index in [2.05, 4.69) is 17.1 Å². The summed E-state index contributed by atoms with van der Waals surface area (Å²) >= 11 is 1.59. The van der Waals surface area contributed by atoms with Crippen LogP contribution in [0.25, 0.3) is 11.4 Å². The molecule has 0 radical (unpaired) electrons. The fraction of sp³-hybridized carbons (Fsp3) is 0.222. The van der Waals surface area contributed by atoms with Crippen molar-refractivity contribution >= 4 is 11.8 Å². The molecule has 0 saturated heterocycles. The predicted molar refractivity (Wildman–Crippen MR) is 97.6 cm³/mol. The Kier molecular flexibility index (Phi) is 5.38. The second kappa shape index (κ2) is 7.88. The van der Waals surface area contributed by atoms with E-state index in [4.69, 9.17) is 10.6 Å². The Morgan fingerprint density at radius 1 is 1.04 bits per heavy atom. The first-order valence-corrected chi connectivity index (χ1v) is 8.81. The van der Waals surface area contributed by atoms with E-state index in [9.17, 15) is 0 Å². The molecule has 3 aromatic rings. The number of benzene rings is 2. The highest BCUT2D eigenvalue weighted by Gasteiger charge is 2.11. The molecule has 6 heteroatoms. The Labute approximate surface area is 145 Å². The molecule has 0 aliphatic heterocycles. The van der Waals surface area contributed by atoms with Crippen LogP contribution in [-0.2, 0) is 0 Å². The first-order chi connectivity index (χ1) is 11.7. The molecule has 0 aliphatic rings. The van der Waals surface area contributed by atoms with Crippen LogP contribution < -0.4 is 10.6 Å². The Bertz CT molecular complexity index is 771. The average molecular weight is 340 g/mol. The van der Waals surface area contributed by atoms with Gasteiger partial charge in [-0.15, -0.1) is 10.2 Å². The van der Waals surface area contributed by atoms with E-state index in [1.54, 1.807) is 16.4 Å². The molecule has 1 aromatic heterocycles. The number of aromatic nitrogens is 3. The fourth-order valence-corrected chi connectivity index (χ4v) is 2.97. The van der Waals surface area contributed by atoms with Gasteiger partial charge in [0.05, 0.1) is 6.61 Å². The van der Waals surface area contributed by atoms with Crippen molar-refractivity contribution in [3.63, 3.8) is 0 Å². The molecular formula is C18H20N4OS. The third kappa shape index (κ3) is 4.08. The topological polar surface area (TPSA) is 66.0 Å². The van der Waals surface area contributed by atoms with Crippen molar-refractivity contribution in [3.8, 4) is 17.1 Å². The predicted octanol–water partition coefficient (Wildman–Crippen LogP) is 3.53. The highest BCUT2D eigenvalue weighted by molar-refractivity contribution is 7.99. The Morgan fingerprint density at radius 2 is 1.79 bits per heavy atom. The molecule has 0 aliphatic carbocycles. The number of hydrogen-bond acceptors (Lipinski definition) is 5. The van der Waals surface area contributed by atoms with Gasteiger partial charge in [-0.1, -0.05) is 59.8 Å². The maximum atomic E-state index is 6.12. The molecule has 0 amide bonds. The molecular weight excluding hydrogens is 320 g/mol. The Hall–Kier alpha value is -2.47. The van der Waals surface area contributed by atoms with Gasteiger partial charge >= 0.3 is 0 Å². The smallest absolute Gasteiger partial charge is 0.210 e. The van der Waals surface area contributed by atoms with E-state index in [1.807, 2.05) is 54.6 Å². The minimum absolute atomic E-state index is 0.667. The van der Waals surface area contributed by atoms with Crippen LogP contribution in [0, 0.1) is 6.92 Å². The van der Waals surface area contributed by atoms with Crippen molar-refractivity contribution in [2.45, 2.75) is 18.5 Å². The molecule has 124 valence electrons. The van der Waals surface area contributed by atoms with Crippen LogP contribution in [0.3, 0.4) is 0 Å². The molecule has 0 saturated carbocycles. The van der Waals surface area contributed by atoms with Gasteiger partial charge in [0, 0.05) is 11.3 Å². The van der Waals surface area contributed by atoms with Crippen LogP contribution in [0.4, 0.5) is 0 Å². The van der Waals surface area contributed by atoms with Crippen LogP contribution in [0.5, 0.6) is 5.75 Å². The molecule has 3 rings (SSSR count). The van der Waals surface area contributed by atoms with Gasteiger partial charge in [-0.05, 0) is 25.5 Å². The van der Waals surface area contributed by atoms with Crippen LogP contribution in [-0.4, -0.2) is 27.2 Å². The van der Waals surface area contributed by atoms with E-state index in [1.165, 1.54) is 5.56 Å². The SMILES string of the molecule is Cc1ccc(-c2nnc(SCCCOc3ccccc3)n2N)cc1. The zero-order chi connectivity index (χ0) is 16.8. The van der Waals surface area contributed by atoms with Crippen LogP contribution in [0.1, 0.15) is 12.0 Å². The van der Waals surface area contributed by atoms with Crippen molar-refractivity contribution in [2.24, 2.45) is 0 Å². The van der Waals surface area contributed by atoms with Crippen LogP contribution >= 0.6 is 11.8 Å². The van der Waals surface area contributed by atoms with Crippen LogP contribution in [0.15, 0.2) is 59.8 Å². The Morgan fingerprint density at radius 3 is 2.54 bits per heavy atom. The molecule has 0 fully saturated rings. The number of rotatable bonds is 7. The number of thioether (sulfide) groups is 1. The van der Waals surface area contributed by atoms with E-state index >= 15 is 0 Å². The third-order valence-corrected chi connectivity index (χ3v) is 4.54. The van der Waals surface area contributed by atoms with Crippen molar-refractivity contribution in [1.29, 1.82) is 0 Å². The number of para-hydroxylation sites is 1. The maximum Gasteiger partial charge on any atom is 0.210 e. The van der Waals surface area contributed by atoms with Crippen LogP contribution in [0.2, 0.25) is 0 Å². The second-order valence-electron chi connectivity index (χ2n) is 5.41. The minimum atomic E-state index is 0.667. The number of nitrogen functional groups attached to an aromatic ring is 1. The molecule has 0 bridgehead atoms. The van der Waals surface area contributed by atoms with Gasteiger partial charge in [0.1, 0.15) is 5.75 Å². The largest absolute Gasteiger partial charge is 0.494 e.